The number of carbonyl (C=O) groups is 2. The first-order valence-electron chi connectivity index (χ1n) is 7.07. The van der Waals surface area contributed by atoms with Gasteiger partial charge in [-0.15, -0.1) is 0 Å². The van der Waals surface area contributed by atoms with Gasteiger partial charge in [0.25, 0.3) is 0 Å². The van der Waals surface area contributed by atoms with E-state index in [1.54, 1.807) is 25.1 Å². The van der Waals surface area contributed by atoms with Gasteiger partial charge in [-0.1, -0.05) is 37.6 Å². The molecule has 2 N–H and O–H groups in total. The molecule has 0 saturated carbocycles. The number of halogens is 1. The summed E-state index contributed by atoms with van der Waals surface area (Å²) in [6.07, 6.45) is 0.543. The van der Waals surface area contributed by atoms with Crippen LogP contribution in [0.5, 0.6) is 0 Å². The van der Waals surface area contributed by atoms with Crippen LogP contribution in [0, 0.1) is 11.8 Å². The molecule has 5 heteroatoms. The smallest absolute Gasteiger partial charge is 0.308 e. The van der Waals surface area contributed by atoms with Crippen molar-refractivity contribution in [2.24, 2.45) is 11.8 Å². The topological polar surface area (TPSA) is 66.4 Å². The van der Waals surface area contributed by atoms with Gasteiger partial charge in [-0.05, 0) is 37.0 Å². The van der Waals surface area contributed by atoms with E-state index in [4.69, 9.17) is 16.7 Å². The third kappa shape index (κ3) is 5.76. The molecule has 2 unspecified atom stereocenters. The zero-order valence-electron chi connectivity index (χ0n) is 12.6. The summed E-state index contributed by atoms with van der Waals surface area (Å²) in [7, 11) is 0. The Morgan fingerprint density at radius 3 is 2.48 bits per heavy atom. The Bertz CT molecular complexity index is 502. The van der Waals surface area contributed by atoms with Crippen molar-refractivity contribution in [2.45, 2.75) is 33.1 Å². The van der Waals surface area contributed by atoms with Crippen LogP contribution in [0.25, 0.3) is 0 Å². The van der Waals surface area contributed by atoms with Crippen molar-refractivity contribution >= 4 is 23.5 Å². The molecular formula is C16H22ClNO3. The molecule has 0 spiro atoms. The first kappa shape index (κ1) is 17.5. The lowest BCUT2D eigenvalue weighted by molar-refractivity contribution is -0.142. The van der Waals surface area contributed by atoms with E-state index < -0.39 is 11.9 Å². The Hall–Kier alpha value is -1.55. The van der Waals surface area contributed by atoms with Crippen molar-refractivity contribution in [1.29, 1.82) is 0 Å². The molecule has 0 aliphatic carbocycles. The first-order valence-corrected chi connectivity index (χ1v) is 7.45. The summed E-state index contributed by atoms with van der Waals surface area (Å²) in [5.74, 6) is -1.71. The predicted molar refractivity (Wildman–Crippen MR) is 83.5 cm³/mol. The number of carbonyl (C=O) groups excluding carboxylic acids is 1. The van der Waals surface area contributed by atoms with Crippen molar-refractivity contribution in [2.75, 3.05) is 6.54 Å². The van der Waals surface area contributed by atoms with Crippen LogP contribution in [0.1, 0.15) is 38.7 Å². The van der Waals surface area contributed by atoms with E-state index >= 15 is 0 Å². The number of carboxylic acid groups (broad SMARTS) is 1. The van der Waals surface area contributed by atoms with E-state index in [1.165, 1.54) is 0 Å². The second kappa shape index (κ2) is 8.03. The Kier molecular flexibility index (Phi) is 6.69. The lowest BCUT2D eigenvalue weighted by Crippen LogP contribution is -2.35. The van der Waals surface area contributed by atoms with E-state index in [1.807, 2.05) is 19.9 Å². The van der Waals surface area contributed by atoms with Gasteiger partial charge in [-0.25, -0.2) is 0 Å². The predicted octanol–water partition coefficient (Wildman–Crippen LogP) is 3.31. The molecule has 0 radical (unpaired) electrons. The lowest BCUT2D eigenvalue weighted by atomic mass is 9.96. The molecule has 1 aromatic rings. The van der Waals surface area contributed by atoms with Crippen molar-refractivity contribution < 1.29 is 14.7 Å². The minimum atomic E-state index is -0.876. The number of rotatable bonds is 7. The number of nitrogens with one attached hydrogen (secondary N) is 1. The van der Waals surface area contributed by atoms with Crippen LogP contribution >= 0.6 is 11.6 Å². The number of aliphatic carboxylic acids is 1. The molecule has 0 aliphatic rings. The largest absolute Gasteiger partial charge is 0.481 e. The van der Waals surface area contributed by atoms with Crippen LogP contribution in [-0.2, 0) is 9.59 Å². The van der Waals surface area contributed by atoms with Gasteiger partial charge in [0, 0.05) is 11.6 Å². The van der Waals surface area contributed by atoms with Crippen LogP contribution < -0.4 is 5.32 Å². The molecule has 1 aromatic carbocycles. The van der Waals surface area contributed by atoms with Gasteiger partial charge in [0.05, 0.1) is 11.8 Å². The van der Waals surface area contributed by atoms with Crippen LogP contribution in [0.2, 0.25) is 5.02 Å². The quantitative estimate of drug-likeness (QED) is 0.812. The number of hydrogen-bond donors (Lipinski definition) is 2. The van der Waals surface area contributed by atoms with Crippen molar-refractivity contribution in [3.63, 3.8) is 0 Å². The summed E-state index contributed by atoms with van der Waals surface area (Å²) < 4.78 is 0. The van der Waals surface area contributed by atoms with Gasteiger partial charge >= 0.3 is 5.97 Å². The standard InChI is InChI=1S/C16H22ClNO3/c1-10(2)7-13(16(20)21)9-18-15(19)11(3)12-5-4-6-14(17)8-12/h4-6,8,10-11,13H,7,9H2,1-3H3,(H,18,19)(H,20,21). The van der Waals surface area contributed by atoms with E-state index in [-0.39, 0.29) is 24.3 Å². The molecule has 4 nitrogen and oxygen atoms in total. The van der Waals surface area contributed by atoms with Gasteiger partial charge < -0.3 is 10.4 Å². The van der Waals surface area contributed by atoms with E-state index in [2.05, 4.69) is 5.32 Å². The zero-order chi connectivity index (χ0) is 16.0. The third-order valence-electron chi connectivity index (χ3n) is 3.37. The van der Waals surface area contributed by atoms with E-state index in [0.29, 0.717) is 11.4 Å². The van der Waals surface area contributed by atoms with Crippen molar-refractivity contribution in [1.82, 2.24) is 5.32 Å². The number of carboxylic acids is 1. The highest BCUT2D eigenvalue weighted by Gasteiger charge is 2.22. The van der Waals surface area contributed by atoms with Gasteiger partial charge in [0.1, 0.15) is 0 Å². The molecule has 1 amide bonds. The van der Waals surface area contributed by atoms with Gasteiger partial charge in [-0.2, -0.15) is 0 Å². The lowest BCUT2D eigenvalue weighted by Gasteiger charge is -2.18. The molecule has 0 bridgehead atoms. The van der Waals surface area contributed by atoms with Crippen LogP contribution in [0.15, 0.2) is 24.3 Å². The molecule has 0 aromatic heterocycles. The van der Waals surface area contributed by atoms with Crippen LogP contribution in [0.3, 0.4) is 0 Å². The first-order chi connectivity index (χ1) is 9.81. The Morgan fingerprint density at radius 2 is 1.95 bits per heavy atom. The summed E-state index contributed by atoms with van der Waals surface area (Å²) in [4.78, 5) is 23.3. The summed E-state index contributed by atoms with van der Waals surface area (Å²) in [5, 5.41) is 12.5. The van der Waals surface area contributed by atoms with Gasteiger partial charge in [0.2, 0.25) is 5.91 Å². The molecule has 0 saturated heterocycles. The third-order valence-corrected chi connectivity index (χ3v) is 3.60. The molecule has 21 heavy (non-hydrogen) atoms. The maximum absolute atomic E-state index is 12.1. The molecule has 0 fully saturated rings. The fraction of sp³-hybridized carbons (Fsp3) is 0.500. The minimum Gasteiger partial charge on any atom is -0.481 e. The normalized spacial score (nSPS) is 13.8. The summed E-state index contributed by atoms with van der Waals surface area (Å²) in [6, 6.07) is 7.12. The minimum absolute atomic E-state index is 0.150. The second-order valence-electron chi connectivity index (χ2n) is 5.69. The average Bonchev–Trinajstić information content (AvgIpc) is 2.41. The Morgan fingerprint density at radius 1 is 1.29 bits per heavy atom. The molecule has 116 valence electrons. The molecule has 1 rings (SSSR count). The zero-order valence-corrected chi connectivity index (χ0v) is 13.4. The number of benzene rings is 1. The van der Waals surface area contributed by atoms with Crippen molar-refractivity contribution in [3.8, 4) is 0 Å². The number of amides is 1. The van der Waals surface area contributed by atoms with E-state index in [0.717, 1.165) is 5.56 Å². The Balaban J connectivity index is 2.61. The van der Waals surface area contributed by atoms with Crippen molar-refractivity contribution in [3.05, 3.63) is 34.9 Å². The van der Waals surface area contributed by atoms with Crippen LogP contribution in [-0.4, -0.2) is 23.5 Å². The van der Waals surface area contributed by atoms with Crippen LogP contribution in [0.4, 0.5) is 0 Å². The second-order valence-corrected chi connectivity index (χ2v) is 6.12. The molecule has 2 atom stereocenters. The fourth-order valence-electron chi connectivity index (χ4n) is 2.14. The molecule has 0 heterocycles. The van der Waals surface area contributed by atoms with Gasteiger partial charge in [-0.3, -0.25) is 9.59 Å². The highest BCUT2D eigenvalue weighted by molar-refractivity contribution is 6.30. The SMILES string of the molecule is CC(C)CC(CNC(=O)C(C)c1cccc(Cl)c1)C(=O)O. The molecular weight excluding hydrogens is 290 g/mol. The highest BCUT2D eigenvalue weighted by Crippen LogP contribution is 2.19. The monoisotopic (exact) mass is 311 g/mol. The Labute approximate surface area is 130 Å². The summed E-state index contributed by atoms with van der Waals surface area (Å²) in [5.41, 5.74) is 0.815. The molecule has 0 aliphatic heterocycles. The summed E-state index contributed by atoms with van der Waals surface area (Å²) >= 11 is 5.91. The van der Waals surface area contributed by atoms with E-state index in [9.17, 15) is 9.59 Å². The summed E-state index contributed by atoms with van der Waals surface area (Å²) in [6.45, 7) is 5.86. The number of hydrogen-bond acceptors (Lipinski definition) is 2. The highest BCUT2D eigenvalue weighted by atomic mass is 35.5. The average molecular weight is 312 g/mol. The van der Waals surface area contributed by atoms with Gasteiger partial charge in [0.15, 0.2) is 0 Å². The fourth-order valence-corrected chi connectivity index (χ4v) is 2.34. The maximum atomic E-state index is 12.1. The maximum Gasteiger partial charge on any atom is 0.308 e.